The number of aromatic nitrogens is 1. The first-order chi connectivity index (χ1) is 12.6. The fourth-order valence-corrected chi connectivity index (χ4v) is 2.51. The Labute approximate surface area is 153 Å². The molecule has 4 nitrogen and oxygen atoms in total. The minimum absolute atomic E-state index is 0.0572. The third-order valence-electron chi connectivity index (χ3n) is 3.47. The molecule has 1 heterocycles. The summed E-state index contributed by atoms with van der Waals surface area (Å²) in [4.78, 5) is 4.17. The number of nitrogens with zero attached hydrogens (tertiary/aromatic N) is 1. The lowest BCUT2D eigenvalue weighted by Crippen LogP contribution is -2.03. The highest BCUT2D eigenvalue weighted by molar-refractivity contribution is 6.50. The maximum Gasteiger partial charge on any atom is 0.387 e. The van der Waals surface area contributed by atoms with Gasteiger partial charge in [-0.2, -0.15) is 8.78 Å². The van der Waals surface area contributed by atoms with Gasteiger partial charge in [0.1, 0.15) is 5.03 Å². The average molecular weight is 378 g/mol. The van der Waals surface area contributed by atoms with E-state index in [0.717, 1.165) is 5.56 Å². The number of hydrogen-bond donors (Lipinski definition) is 0. The second kappa shape index (κ2) is 8.01. The number of ether oxygens (including phenoxy) is 2. The standard InChI is InChI=1S/C19H14ClF2NO3/c1-24-16-10-12(7-8-15(16)26-19(21)22)9-14(20)18-23-11-17(25-18)13-5-3-2-4-6-13/h2-11,19H,1H3/b14-9-. The molecule has 0 aliphatic carbocycles. The summed E-state index contributed by atoms with van der Waals surface area (Å²) in [6.07, 6.45) is 3.18. The van der Waals surface area contributed by atoms with Crippen molar-refractivity contribution in [2.24, 2.45) is 0 Å². The molecule has 0 radical (unpaired) electrons. The molecule has 3 aromatic rings. The van der Waals surface area contributed by atoms with Gasteiger partial charge in [0, 0.05) is 5.56 Å². The van der Waals surface area contributed by atoms with Crippen LogP contribution in [-0.2, 0) is 0 Å². The van der Waals surface area contributed by atoms with Gasteiger partial charge < -0.3 is 13.9 Å². The Morgan fingerprint density at radius 2 is 1.92 bits per heavy atom. The quantitative estimate of drug-likeness (QED) is 0.553. The highest BCUT2D eigenvalue weighted by Crippen LogP contribution is 2.32. The van der Waals surface area contributed by atoms with Crippen LogP contribution < -0.4 is 9.47 Å². The molecule has 0 bridgehead atoms. The van der Waals surface area contributed by atoms with Gasteiger partial charge >= 0.3 is 6.61 Å². The molecule has 0 spiro atoms. The van der Waals surface area contributed by atoms with E-state index in [9.17, 15) is 8.78 Å². The maximum absolute atomic E-state index is 12.4. The topological polar surface area (TPSA) is 44.5 Å². The van der Waals surface area contributed by atoms with Crippen molar-refractivity contribution >= 4 is 22.7 Å². The molecule has 3 rings (SSSR count). The van der Waals surface area contributed by atoms with E-state index < -0.39 is 6.61 Å². The Balaban J connectivity index is 1.85. The number of oxazole rings is 1. The summed E-state index contributed by atoms with van der Waals surface area (Å²) in [5.74, 6) is 0.946. The Bertz CT molecular complexity index is 910. The van der Waals surface area contributed by atoms with Crippen molar-refractivity contribution in [3.63, 3.8) is 0 Å². The van der Waals surface area contributed by atoms with Crippen molar-refractivity contribution in [1.29, 1.82) is 0 Å². The zero-order valence-electron chi connectivity index (χ0n) is 13.7. The Hall–Kier alpha value is -2.86. The van der Waals surface area contributed by atoms with Crippen molar-refractivity contribution in [2.75, 3.05) is 7.11 Å². The minimum atomic E-state index is -2.93. The van der Waals surface area contributed by atoms with E-state index in [1.807, 2.05) is 30.3 Å². The third kappa shape index (κ3) is 4.21. The fourth-order valence-electron chi connectivity index (χ4n) is 2.30. The van der Waals surface area contributed by atoms with E-state index >= 15 is 0 Å². The summed E-state index contributed by atoms with van der Waals surface area (Å²) in [5, 5.41) is 0.261. The molecule has 0 saturated carbocycles. The van der Waals surface area contributed by atoms with Crippen LogP contribution in [0.4, 0.5) is 8.78 Å². The summed E-state index contributed by atoms with van der Waals surface area (Å²) in [6.45, 7) is -2.93. The predicted molar refractivity (Wildman–Crippen MR) is 95.3 cm³/mol. The molecule has 0 aliphatic rings. The number of halogens is 3. The summed E-state index contributed by atoms with van der Waals surface area (Å²) < 4.78 is 39.9. The molecular formula is C19H14ClF2NO3. The van der Waals surface area contributed by atoms with Crippen LogP contribution in [0.2, 0.25) is 0 Å². The van der Waals surface area contributed by atoms with Gasteiger partial charge in [0.25, 0.3) is 0 Å². The molecule has 0 unspecified atom stereocenters. The SMILES string of the molecule is COc1cc(/C=C(\Cl)c2ncc(-c3ccccc3)o2)ccc1OC(F)F. The largest absolute Gasteiger partial charge is 0.493 e. The van der Waals surface area contributed by atoms with Gasteiger partial charge in [-0.25, -0.2) is 4.98 Å². The van der Waals surface area contributed by atoms with Gasteiger partial charge in [-0.3, -0.25) is 0 Å². The number of alkyl halides is 2. The number of hydrogen-bond acceptors (Lipinski definition) is 4. The molecule has 2 aromatic carbocycles. The average Bonchev–Trinajstić information content (AvgIpc) is 3.13. The molecule has 1 aromatic heterocycles. The summed E-state index contributed by atoms with van der Waals surface area (Å²) >= 11 is 6.27. The lowest BCUT2D eigenvalue weighted by molar-refractivity contribution is -0.0512. The third-order valence-corrected chi connectivity index (χ3v) is 3.74. The van der Waals surface area contributed by atoms with Crippen molar-refractivity contribution < 1.29 is 22.7 Å². The highest BCUT2D eigenvalue weighted by atomic mass is 35.5. The molecule has 0 saturated heterocycles. The van der Waals surface area contributed by atoms with Crippen molar-refractivity contribution in [1.82, 2.24) is 4.98 Å². The van der Waals surface area contributed by atoms with Crippen molar-refractivity contribution in [2.45, 2.75) is 6.61 Å². The molecule has 0 atom stereocenters. The van der Waals surface area contributed by atoms with Gasteiger partial charge in [-0.1, -0.05) is 48.0 Å². The Kier molecular flexibility index (Phi) is 5.53. The lowest BCUT2D eigenvalue weighted by Gasteiger charge is -2.10. The number of rotatable bonds is 6. The molecule has 26 heavy (non-hydrogen) atoms. The Morgan fingerprint density at radius 3 is 2.62 bits per heavy atom. The summed E-state index contributed by atoms with van der Waals surface area (Å²) in [6, 6.07) is 14.0. The first kappa shape index (κ1) is 17.9. The number of benzene rings is 2. The minimum Gasteiger partial charge on any atom is -0.493 e. The maximum atomic E-state index is 12.4. The zero-order chi connectivity index (χ0) is 18.5. The summed E-state index contributed by atoms with van der Waals surface area (Å²) in [5.41, 5.74) is 1.50. The molecule has 134 valence electrons. The first-order valence-corrected chi connectivity index (χ1v) is 7.96. The van der Waals surface area contributed by atoms with Crippen LogP contribution in [0.25, 0.3) is 22.4 Å². The van der Waals surface area contributed by atoms with E-state index in [4.69, 9.17) is 20.8 Å². The normalized spacial score (nSPS) is 11.7. The second-order valence-electron chi connectivity index (χ2n) is 5.18. The van der Waals surface area contributed by atoms with Crippen LogP contribution in [0.15, 0.2) is 59.1 Å². The second-order valence-corrected chi connectivity index (χ2v) is 5.58. The van der Waals surface area contributed by atoms with E-state index in [-0.39, 0.29) is 22.4 Å². The smallest absolute Gasteiger partial charge is 0.387 e. The summed E-state index contributed by atoms with van der Waals surface area (Å²) in [7, 11) is 1.36. The van der Waals surface area contributed by atoms with E-state index in [0.29, 0.717) is 11.3 Å². The molecule has 0 N–H and O–H groups in total. The predicted octanol–water partition coefficient (Wildman–Crippen LogP) is 5.69. The van der Waals surface area contributed by atoms with Crippen LogP contribution in [0, 0.1) is 0 Å². The van der Waals surface area contributed by atoms with Crippen LogP contribution in [0.5, 0.6) is 11.5 Å². The van der Waals surface area contributed by atoms with E-state index in [2.05, 4.69) is 9.72 Å². The fraction of sp³-hybridized carbons (Fsp3) is 0.105. The molecule has 0 aliphatic heterocycles. The monoisotopic (exact) mass is 377 g/mol. The number of methoxy groups -OCH3 is 1. The zero-order valence-corrected chi connectivity index (χ0v) is 14.4. The van der Waals surface area contributed by atoms with E-state index in [1.54, 1.807) is 18.3 Å². The first-order valence-electron chi connectivity index (χ1n) is 7.58. The van der Waals surface area contributed by atoms with Gasteiger partial charge in [-0.15, -0.1) is 0 Å². The molecule has 0 fully saturated rings. The molecular weight excluding hydrogens is 364 g/mol. The van der Waals surface area contributed by atoms with Gasteiger partial charge in [0.2, 0.25) is 5.89 Å². The van der Waals surface area contributed by atoms with Crippen molar-refractivity contribution in [3.8, 4) is 22.8 Å². The van der Waals surface area contributed by atoms with Gasteiger partial charge in [-0.05, 0) is 23.8 Å². The molecule has 7 heteroatoms. The van der Waals surface area contributed by atoms with Crippen molar-refractivity contribution in [3.05, 3.63) is 66.2 Å². The molecule has 0 amide bonds. The van der Waals surface area contributed by atoms with Crippen LogP contribution in [-0.4, -0.2) is 18.7 Å². The van der Waals surface area contributed by atoms with E-state index in [1.165, 1.54) is 19.2 Å². The highest BCUT2D eigenvalue weighted by Gasteiger charge is 2.12. The van der Waals surface area contributed by atoms with Gasteiger partial charge in [0.05, 0.1) is 13.3 Å². The van der Waals surface area contributed by atoms with Crippen LogP contribution >= 0.6 is 11.6 Å². The van der Waals surface area contributed by atoms with Crippen LogP contribution in [0.1, 0.15) is 11.5 Å². The lowest BCUT2D eigenvalue weighted by atomic mass is 10.2. The Morgan fingerprint density at radius 1 is 1.15 bits per heavy atom. The van der Waals surface area contributed by atoms with Crippen LogP contribution in [0.3, 0.4) is 0 Å². The van der Waals surface area contributed by atoms with Gasteiger partial charge in [0.15, 0.2) is 17.3 Å².